The molecule has 48 heavy (non-hydrogen) atoms. The molecular weight excluding hydrogens is 645 g/mol. The molecule has 0 aromatic carbocycles. The zero-order chi connectivity index (χ0) is 36.2. The van der Waals surface area contributed by atoms with Crippen LogP contribution in [0, 0.1) is 11.8 Å². The molecule has 0 radical (unpaired) electrons. The average Bonchev–Trinajstić information content (AvgIpc) is 3.63. The smallest absolute Gasteiger partial charge is 0.305 e. The maximum absolute atomic E-state index is 11.6. The standard InChI is InChI=1S/C40H74O5Si3/c1-14-48(15-2,16-3)44-37-32-36(43-47(12,13)39(4,5)6)34(26-19-17-18-20-28-38(41)42-8)35(37)27-23-30-40(7,45-46(9,10)11)31-29-33-24-21-22-25-33/h18-19,23,27,33,35,37H,14-16,20-22,24-26,28-32H2,1-13H3/b27-23+/t17?,35-,37-,40?/m0/s1. The molecule has 0 heterocycles. The highest BCUT2D eigenvalue weighted by molar-refractivity contribution is 6.74. The van der Waals surface area contributed by atoms with Gasteiger partial charge in [0.2, 0.25) is 8.32 Å². The molecule has 0 aliphatic heterocycles. The topological polar surface area (TPSA) is 54.0 Å². The summed E-state index contributed by atoms with van der Waals surface area (Å²) in [6.07, 6.45) is 20.5. The van der Waals surface area contributed by atoms with Crippen LogP contribution in [0.1, 0.15) is 119 Å². The maximum atomic E-state index is 11.6. The minimum absolute atomic E-state index is 0.0851. The summed E-state index contributed by atoms with van der Waals surface area (Å²) in [4.78, 5) is 11.6. The van der Waals surface area contributed by atoms with E-state index in [2.05, 4.69) is 105 Å². The summed E-state index contributed by atoms with van der Waals surface area (Å²) in [5.74, 6) is 1.96. The molecule has 0 N–H and O–H groups in total. The molecule has 3 atom stereocenters. The van der Waals surface area contributed by atoms with Crippen LogP contribution in [0.15, 0.2) is 41.4 Å². The van der Waals surface area contributed by atoms with Crippen LogP contribution in [-0.2, 0) is 22.8 Å². The van der Waals surface area contributed by atoms with Crippen molar-refractivity contribution in [3.05, 3.63) is 41.4 Å². The van der Waals surface area contributed by atoms with Crippen LogP contribution < -0.4 is 0 Å². The van der Waals surface area contributed by atoms with Gasteiger partial charge in [-0.2, -0.15) is 0 Å². The molecule has 2 aliphatic carbocycles. The Balaban J connectivity index is 2.52. The van der Waals surface area contributed by atoms with Gasteiger partial charge in [0.05, 0.1) is 24.6 Å². The molecule has 1 fully saturated rings. The number of rotatable bonds is 20. The zero-order valence-corrected chi connectivity index (χ0v) is 36.5. The molecule has 1 unspecified atom stereocenters. The van der Waals surface area contributed by atoms with Crippen LogP contribution in [0.3, 0.4) is 0 Å². The van der Waals surface area contributed by atoms with E-state index in [1.165, 1.54) is 44.8 Å². The number of carbonyl (C=O) groups is 1. The predicted molar refractivity (Wildman–Crippen MR) is 212 cm³/mol. The molecule has 2 aliphatic rings. The number of hydrogen-bond acceptors (Lipinski definition) is 5. The van der Waals surface area contributed by atoms with Crippen molar-refractivity contribution in [1.29, 1.82) is 0 Å². The summed E-state index contributed by atoms with van der Waals surface area (Å²) >= 11 is 0. The third-order valence-electron chi connectivity index (χ3n) is 11.3. The Hall–Kier alpha value is -1.16. The highest BCUT2D eigenvalue weighted by Crippen LogP contribution is 2.46. The zero-order valence-electron chi connectivity index (χ0n) is 33.5. The fourth-order valence-corrected chi connectivity index (χ4v) is 12.9. The van der Waals surface area contributed by atoms with Crippen LogP contribution in [0.4, 0.5) is 0 Å². The summed E-state index contributed by atoms with van der Waals surface area (Å²) in [7, 11) is -4.26. The summed E-state index contributed by atoms with van der Waals surface area (Å²) in [6.45, 7) is 28.0. The van der Waals surface area contributed by atoms with Crippen LogP contribution in [0.2, 0.25) is 55.9 Å². The van der Waals surface area contributed by atoms with Crippen molar-refractivity contribution in [3.63, 3.8) is 0 Å². The van der Waals surface area contributed by atoms with E-state index in [0.717, 1.165) is 55.5 Å². The van der Waals surface area contributed by atoms with Crippen molar-refractivity contribution < 1.29 is 22.8 Å². The lowest BCUT2D eigenvalue weighted by molar-refractivity contribution is -0.140. The van der Waals surface area contributed by atoms with Crippen LogP contribution >= 0.6 is 0 Å². The Kier molecular flexibility index (Phi) is 16.9. The fourth-order valence-electron chi connectivity index (χ4n) is 7.18. The fraction of sp³-hybridized carbons (Fsp3) is 0.800. The monoisotopic (exact) mass is 718 g/mol. The van der Waals surface area contributed by atoms with Gasteiger partial charge in [-0.25, -0.2) is 0 Å². The van der Waals surface area contributed by atoms with Gasteiger partial charge in [-0.15, -0.1) is 5.73 Å². The van der Waals surface area contributed by atoms with E-state index >= 15 is 0 Å². The van der Waals surface area contributed by atoms with Crippen LogP contribution in [-0.4, -0.2) is 49.7 Å². The maximum Gasteiger partial charge on any atom is 0.305 e. The molecule has 2 rings (SSSR count). The van der Waals surface area contributed by atoms with Gasteiger partial charge in [0.25, 0.3) is 0 Å². The van der Waals surface area contributed by atoms with Crippen LogP contribution in [0.5, 0.6) is 0 Å². The Bertz CT molecular complexity index is 1120. The summed E-state index contributed by atoms with van der Waals surface area (Å²) < 4.78 is 26.3. The molecule has 0 saturated heterocycles. The SMILES string of the molecule is CC[Si](CC)(CC)O[C@H]1CC(O[Si](C)(C)C(C)(C)C)=C(CC=C=CCCC(=O)OC)[C@@H]1/C=C/CC(C)(CCC1CCCC1)O[Si](C)(C)C. The molecule has 0 amide bonds. The lowest BCUT2D eigenvalue weighted by Crippen LogP contribution is -2.42. The van der Waals surface area contributed by atoms with E-state index in [-0.39, 0.29) is 28.6 Å². The molecule has 0 bridgehead atoms. The van der Waals surface area contributed by atoms with Crippen molar-refractivity contribution in [2.45, 2.75) is 187 Å². The molecule has 0 spiro atoms. The lowest BCUT2D eigenvalue weighted by Gasteiger charge is -2.37. The first-order valence-corrected chi connectivity index (χ1v) is 28.1. The second-order valence-electron chi connectivity index (χ2n) is 17.3. The van der Waals surface area contributed by atoms with Gasteiger partial charge in [0.15, 0.2) is 16.6 Å². The Morgan fingerprint density at radius 1 is 0.958 bits per heavy atom. The third-order valence-corrected chi connectivity index (χ3v) is 21.5. The lowest BCUT2D eigenvalue weighted by atomic mass is 9.89. The van der Waals surface area contributed by atoms with Gasteiger partial charge in [-0.05, 0) is 119 Å². The molecule has 276 valence electrons. The molecule has 5 nitrogen and oxygen atoms in total. The van der Waals surface area contributed by atoms with E-state index in [4.69, 9.17) is 18.0 Å². The minimum Gasteiger partial charge on any atom is -0.546 e. The first-order chi connectivity index (χ1) is 22.3. The molecule has 0 aromatic heterocycles. The van der Waals surface area contributed by atoms with Gasteiger partial charge in [-0.3, -0.25) is 4.79 Å². The second kappa shape index (κ2) is 18.9. The Labute approximate surface area is 299 Å². The average molecular weight is 719 g/mol. The van der Waals surface area contributed by atoms with Crippen molar-refractivity contribution in [2.75, 3.05) is 7.11 Å². The van der Waals surface area contributed by atoms with Gasteiger partial charge in [-0.1, -0.05) is 79.4 Å². The molecule has 0 aromatic rings. The van der Waals surface area contributed by atoms with E-state index in [9.17, 15) is 4.79 Å². The number of esters is 1. The molecular formula is C40H74O5Si3. The number of allylic oxidation sites excluding steroid dienone is 1. The normalized spacial score (nSPS) is 21.0. The van der Waals surface area contributed by atoms with Crippen molar-refractivity contribution >= 4 is 30.9 Å². The van der Waals surface area contributed by atoms with Crippen molar-refractivity contribution in [2.24, 2.45) is 11.8 Å². The van der Waals surface area contributed by atoms with E-state index in [1.54, 1.807) is 0 Å². The number of carbonyl (C=O) groups excluding carboxylic acids is 1. The number of ether oxygens (including phenoxy) is 1. The van der Waals surface area contributed by atoms with Crippen molar-refractivity contribution in [1.82, 2.24) is 0 Å². The molecule has 1 saturated carbocycles. The first kappa shape index (κ1) is 43.0. The van der Waals surface area contributed by atoms with Gasteiger partial charge in [0.1, 0.15) is 0 Å². The highest BCUT2D eigenvalue weighted by atomic mass is 28.4. The van der Waals surface area contributed by atoms with E-state index in [1.807, 2.05) is 6.08 Å². The van der Waals surface area contributed by atoms with Gasteiger partial charge in [0, 0.05) is 18.8 Å². The third kappa shape index (κ3) is 13.5. The minimum atomic E-state index is -2.08. The quantitative estimate of drug-likeness (QED) is 0.0543. The van der Waals surface area contributed by atoms with E-state index < -0.39 is 25.0 Å². The van der Waals surface area contributed by atoms with Gasteiger partial charge >= 0.3 is 5.97 Å². The highest BCUT2D eigenvalue weighted by Gasteiger charge is 2.45. The van der Waals surface area contributed by atoms with Gasteiger partial charge < -0.3 is 18.0 Å². The first-order valence-electron chi connectivity index (χ1n) is 19.2. The Morgan fingerprint density at radius 3 is 2.12 bits per heavy atom. The number of hydrogen-bond donors (Lipinski definition) is 0. The number of methoxy groups -OCH3 is 1. The Morgan fingerprint density at radius 2 is 1.58 bits per heavy atom. The largest absolute Gasteiger partial charge is 0.546 e. The molecule has 8 heteroatoms. The summed E-state index contributed by atoms with van der Waals surface area (Å²) in [6, 6.07) is 3.40. The van der Waals surface area contributed by atoms with Crippen molar-refractivity contribution in [3.8, 4) is 0 Å². The van der Waals surface area contributed by atoms with E-state index in [0.29, 0.717) is 12.8 Å². The summed E-state index contributed by atoms with van der Waals surface area (Å²) in [5, 5.41) is 0.100. The second-order valence-corrected chi connectivity index (χ2v) is 31.2. The summed E-state index contributed by atoms with van der Waals surface area (Å²) in [5.41, 5.74) is 4.54. The van der Waals surface area contributed by atoms with Crippen LogP contribution in [0.25, 0.3) is 0 Å². The predicted octanol–water partition coefficient (Wildman–Crippen LogP) is 12.3.